The minimum atomic E-state index is -3.67. The first-order valence-electron chi connectivity index (χ1n) is 3.68. The minimum Gasteiger partial charge on any atom is -0.233 e. The van der Waals surface area contributed by atoms with Crippen molar-refractivity contribution in [3.05, 3.63) is 36.5 Å². The Labute approximate surface area is 75.8 Å². The number of rotatable bonds is 1. The summed E-state index contributed by atoms with van der Waals surface area (Å²) in [5.74, 6) is 0. The lowest BCUT2D eigenvalue weighted by atomic mass is 10.3. The molecule has 4 nitrogen and oxygen atoms in total. The molecular formula is C8H8N2O2S. The van der Waals surface area contributed by atoms with Crippen LogP contribution in [0.4, 0.5) is 0 Å². The Balaban J connectivity index is 2.87. The third-order valence-corrected chi connectivity index (χ3v) is 2.70. The van der Waals surface area contributed by atoms with Crippen LogP contribution >= 0.6 is 0 Å². The van der Waals surface area contributed by atoms with Crippen LogP contribution in [0.5, 0.6) is 0 Å². The third kappa shape index (κ3) is 1.32. The van der Waals surface area contributed by atoms with E-state index in [9.17, 15) is 8.42 Å². The van der Waals surface area contributed by atoms with Gasteiger partial charge in [0.1, 0.15) is 0 Å². The first-order valence-corrected chi connectivity index (χ1v) is 5.19. The van der Waals surface area contributed by atoms with E-state index in [1.54, 1.807) is 18.2 Å². The number of hydrogen-bond acceptors (Lipinski definition) is 2. The summed E-state index contributed by atoms with van der Waals surface area (Å²) < 4.78 is 23.2. The highest BCUT2D eigenvalue weighted by atomic mass is 32.2. The van der Waals surface area contributed by atoms with Gasteiger partial charge in [-0.3, -0.25) is 0 Å². The van der Waals surface area contributed by atoms with Gasteiger partial charge < -0.3 is 0 Å². The maximum absolute atomic E-state index is 11.0. The molecule has 0 atom stereocenters. The molecule has 0 aliphatic carbocycles. The summed E-state index contributed by atoms with van der Waals surface area (Å²) in [6, 6.07) is 8.86. The molecule has 0 fully saturated rings. The summed E-state index contributed by atoms with van der Waals surface area (Å²) in [5, 5.41) is 5.86. The molecule has 2 N–H and O–H groups in total. The summed E-state index contributed by atoms with van der Waals surface area (Å²) in [4.78, 5) is 0. The molecule has 1 heterocycles. The van der Waals surface area contributed by atoms with Gasteiger partial charge in [0.25, 0.3) is 0 Å². The topological polar surface area (TPSA) is 65.1 Å². The van der Waals surface area contributed by atoms with E-state index in [4.69, 9.17) is 5.14 Å². The molecule has 0 saturated carbocycles. The molecule has 0 bridgehead atoms. The maximum atomic E-state index is 11.0. The summed E-state index contributed by atoms with van der Waals surface area (Å²) >= 11 is 0. The van der Waals surface area contributed by atoms with Gasteiger partial charge in [-0.2, -0.15) is 8.42 Å². The Morgan fingerprint density at radius 3 is 2.54 bits per heavy atom. The standard InChI is InChI=1S/C8H8N2O2S/c9-13(11,12)10-6-5-7-3-1-2-4-8(7)10/h1-6H,(H2,9,11,12). The van der Waals surface area contributed by atoms with Crippen LogP contribution in [0.2, 0.25) is 0 Å². The van der Waals surface area contributed by atoms with Gasteiger partial charge in [0.15, 0.2) is 0 Å². The molecule has 1 aromatic carbocycles. The number of para-hydroxylation sites is 1. The van der Waals surface area contributed by atoms with E-state index in [0.29, 0.717) is 5.52 Å². The third-order valence-electron chi connectivity index (χ3n) is 1.84. The number of nitrogens with zero attached hydrogens (tertiary/aromatic N) is 1. The molecule has 0 radical (unpaired) electrons. The van der Waals surface area contributed by atoms with Crippen LogP contribution in [-0.2, 0) is 10.2 Å². The lowest BCUT2D eigenvalue weighted by Crippen LogP contribution is -2.20. The van der Waals surface area contributed by atoms with Gasteiger partial charge in [-0.05, 0) is 12.1 Å². The van der Waals surface area contributed by atoms with E-state index < -0.39 is 10.2 Å². The van der Waals surface area contributed by atoms with Crippen LogP contribution < -0.4 is 5.14 Å². The van der Waals surface area contributed by atoms with Crippen LogP contribution in [0.15, 0.2) is 36.5 Å². The largest absolute Gasteiger partial charge is 0.302 e. The van der Waals surface area contributed by atoms with Gasteiger partial charge in [0.05, 0.1) is 5.52 Å². The Hall–Kier alpha value is -1.33. The monoisotopic (exact) mass is 196 g/mol. The Bertz CT molecular complexity index is 542. The van der Waals surface area contributed by atoms with Crippen molar-refractivity contribution in [2.75, 3.05) is 0 Å². The van der Waals surface area contributed by atoms with Crippen molar-refractivity contribution in [2.24, 2.45) is 5.14 Å². The number of benzene rings is 1. The molecule has 0 saturated heterocycles. The maximum Gasteiger partial charge on any atom is 0.302 e. The predicted octanol–water partition coefficient (Wildman–Crippen LogP) is 0.693. The molecule has 0 aliphatic rings. The van der Waals surface area contributed by atoms with Crippen molar-refractivity contribution in [1.82, 2.24) is 3.97 Å². The summed E-state index contributed by atoms with van der Waals surface area (Å²) in [5.41, 5.74) is 0.602. The number of nitrogens with two attached hydrogens (primary N) is 1. The number of aromatic nitrogens is 1. The van der Waals surface area contributed by atoms with Crippen molar-refractivity contribution in [3.63, 3.8) is 0 Å². The molecule has 0 unspecified atom stereocenters. The van der Waals surface area contributed by atoms with Crippen LogP contribution in [0.1, 0.15) is 0 Å². The van der Waals surface area contributed by atoms with Gasteiger partial charge in [-0.25, -0.2) is 9.11 Å². The fraction of sp³-hybridized carbons (Fsp3) is 0. The van der Waals surface area contributed by atoms with Gasteiger partial charge in [0, 0.05) is 11.6 Å². The Kier molecular flexibility index (Phi) is 1.64. The average Bonchev–Trinajstić information content (AvgIpc) is 2.45. The van der Waals surface area contributed by atoms with Gasteiger partial charge in [-0.1, -0.05) is 18.2 Å². The van der Waals surface area contributed by atoms with E-state index in [1.807, 2.05) is 12.1 Å². The zero-order chi connectivity index (χ0) is 9.47. The summed E-state index contributed by atoms with van der Waals surface area (Å²) in [7, 11) is -3.67. The van der Waals surface area contributed by atoms with Crippen molar-refractivity contribution < 1.29 is 8.42 Å². The molecule has 68 valence electrons. The summed E-state index contributed by atoms with van der Waals surface area (Å²) in [6.07, 6.45) is 1.44. The zero-order valence-electron chi connectivity index (χ0n) is 6.71. The normalized spacial score (nSPS) is 12.1. The Morgan fingerprint density at radius 2 is 1.85 bits per heavy atom. The van der Waals surface area contributed by atoms with Crippen LogP contribution in [-0.4, -0.2) is 12.4 Å². The summed E-state index contributed by atoms with van der Waals surface area (Å²) in [6.45, 7) is 0. The van der Waals surface area contributed by atoms with Gasteiger partial charge in [-0.15, -0.1) is 0 Å². The van der Waals surface area contributed by atoms with E-state index in [-0.39, 0.29) is 0 Å². The lowest BCUT2D eigenvalue weighted by molar-refractivity contribution is 0.591. The quantitative estimate of drug-likeness (QED) is 0.729. The second-order valence-corrected chi connectivity index (χ2v) is 4.14. The fourth-order valence-corrected chi connectivity index (χ4v) is 1.95. The van der Waals surface area contributed by atoms with Gasteiger partial charge >= 0.3 is 10.2 Å². The van der Waals surface area contributed by atoms with Crippen molar-refractivity contribution in [1.29, 1.82) is 0 Å². The minimum absolute atomic E-state index is 0.602. The SMILES string of the molecule is NS(=O)(=O)n1ccc2ccccc21. The number of fused-ring (bicyclic) bond motifs is 1. The highest BCUT2D eigenvalue weighted by Gasteiger charge is 2.08. The van der Waals surface area contributed by atoms with E-state index >= 15 is 0 Å². The van der Waals surface area contributed by atoms with Crippen molar-refractivity contribution in [3.8, 4) is 0 Å². The number of hydrogen-bond donors (Lipinski definition) is 1. The first kappa shape index (κ1) is 8.28. The predicted molar refractivity (Wildman–Crippen MR) is 50.4 cm³/mol. The molecule has 1 aromatic heterocycles. The van der Waals surface area contributed by atoms with Crippen LogP contribution in [0.25, 0.3) is 10.9 Å². The fourth-order valence-electron chi connectivity index (χ4n) is 1.28. The molecule has 0 spiro atoms. The van der Waals surface area contributed by atoms with E-state index in [2.05, 4.69) is 0 Å². The molecule has 13 heavy (non-hydrogen) atoms. The van der Waals surface area contributed by atoms with Gasteiger partial charge in [0.2, 0.25) is 0 Å². The molecule has 5 heteroatoms. The van der Waals surface area contributed by atoms with Crippen LogP contribution in [0, 0.1) is 0 Å². The Morgan fingerprint density at radius 1 is 1.15 bits per heavy atom. The smallest absolute Gasteiger partial charge is 0.233 e. The highest BCUT2D eigenvalue weighted by Crippen LogP contribution is 2.15. The molecule has 2 aromatic rings. The second kappa shape index (κ2) is 2.58. The second-order valence-electron chi connectivity index (χ2n) is 2.72. The molecule has 0 aliphatic heterocycles. The zero-order valence-corrected chi connectivity index (χ0v) is 7.53. The van der Waals surface area contributed by atoms with E-state index in [1.165, 1.54) is 6.20 Å². The van der Waals surface area contributed by atoms with Crippen LogP contribution in [0.3, 0.4) is 0 Å². The average molecular weight is 196 g/mol. The lowest BCUT2D eigenvalue weighted by Gasteiger charge is -1.99. The van der Waals surface area contributed by atoms with E-state index in [0.717, 1.165) is 9.36 Å². The van der Waals surface area contributed by atoms with Crippen molar-refractivity contribution in [2.45, 2.75) is 0 Å². The molecule has 0 amide bonds. The first-order chi connectivity index (χ1) is 6.09. The molecular weight excluding hydrogens is 188 g/mol. The van der Waals surface area contributed by atoms with Crippen molar-refractivity contribution >= 4 is 21.1 Å². The highest BCUT2D eigenvalue weighted by molar-refractivity contribution is 7.87. The molecule has 2 rings (SSSR count).